The summed E-state index contributed by atoms with van der Waals surface area (Å²) in [6.07, 6.45) is 5.16. The van der Waals surface area contributed by atoms with E-state index in [2.05, 4.69) is 35.6 Å². The molecule has 1 heterocycles. The molecule has 1 aromatic carbocycles. The average Bonchev–Trinajstić information content (AvgIpc) is 3.08. The van der Waals surface area contributed by atoms with Crippen LogP contribution in [0.25, 0.3) is 0 Å². The van der Waals surface area contributed by atoms with E-state index >= 15 is 0 Å². The maximum absolute atomic E-state index is 11.6. The van der Waals surface area contributed by atoms with Crippen molar-refractivity contribution >= 4 is 17.7 Å². The normalized spacial score (nSPS) is 30.2. The summed E-state index contributed by atoms with van der Waals surface area (Å²) < 4.78 is 10.9. The van der Waals surface area contributed by atoms with Gasteiger partial charge in [-0.15, -0.1) is 11.8 Å². The predicted molar refractivity (Wildman–Crippen MR) is 96.2 cm³/mol. The van der Waals surface area contributed by atoms with Gasteiger partial charge in [0, 0.05) is 22.7 Å². The standard InChI is InChI=1S/C19H27NO3S/c1-22-19(21)14-7-9-16(10-8-14)23-13-15-11-18(12-20-15)24-17-5-3-2-4-6-17/h2-6,14-16,18,20H,7-13H2,1H3/t14-,15-,16-,18-/m0/s1. The van der Waals surface area contributed by atoms with Crippen molar-refractivity contribution in [2.75, 3.05) is 20.3 Å². The van der Waals surface area contributed by atoms with Gasteiger partial charge in [0.2, 0.25) is 0 Å². The van der Waals surface area contributed by atoms with E-state index in [9.17, 15) is 4.79 Å². The molecule has 0 unspecified atom stereocenters. The number of esters is 1. The zero-order valence-corrected chi connectivity index (χ0v) is 15.1. The zero-order chi connectivity index (χ0) is 16.8. The minimum absolute atomic E-state index is 0.0633. The highest BCUT2D eigenvalue weighted by molar-refractivity contribution is 8.00. The van der Waals surface area contributed by atoms with Crippen LogP contribution in [0.5, 0.6) is 0 Å². The first-order valence-corrected chi connectivity index (χ1v) is 9.77. The number of methoxy groups -OCH3 is 1. The quantitative estimate of drug-likeness (QED) is 0.799. The van der Waals surface area contributed by atoms with Crippen LogP contribution in [0.3, 0.4) is 0 Å². The molecule has 132 valence electrons. The van der Waals surface area contributed by atoms with Crippen LogP contribution in [0, 0.1) is 5.92 Å². The van der Waals surface area contributed by atoms with Crippen LogP contribution in [0.2, 0.25) is 0 Å². The van der Waals surface area contributed by atoms with Crippen LogP contribution >= 0.6 is 11.8 Å². The van der Waals surface area contributed by atoms with Gasteiger partial charge in [-0.2, -0.15) is 0 Å². The third-order valence-electron chi connectivity index (χ3n) is 4.97. The van der Waals surface area contributed by atoms with Gasteiger partial charge in [-0.05, 0) is 44.2 Å². The number of benzene rings is 1. The highest BCUT2D eigenvalue weighted by atomic mass is 32.2. The van der Waals surface area contributed by atoms with E-state index in [4.69, 9.17) is 9.47 Å². The van der Waals surface area contributed by atoms with Crippen molar-refractivity contribution in [3.8, 4) is 0 Å². The van der Waals surface area contributed by atoms with Crippen LogP contribution < -0.4 is 5.32 Å². The molecule has 5 heteroatoms. The molecule has 2 fully saturated rings. The third-order valence-corrected chi connectivity index (χ3v) is 6.21. The van der Waals surface area contributed by atoms with Crippen LogP contribution in [0.4, 0.5) is 0 Å². The molecule has 0 radical (unpaired) electrons. The number of nitrogens with one attached hydrogen (secondary N) is 1. The van der Waals surface area contributed by atoms with Crippen LogP contribution in [0.1, 0.15) is 32.1 Å². The molecule has 0 spiro atoms. The van der Waals surface area contributed by atoms with E-state index in [1.807, 2.05) is 11.8 Å². The molecule has 24 heavy (non-hydrogen) atoms. The molecule has 4 nitrogen and oxygen atoms in total. The SMILES string of the molecule is COC(=O)[C@H]1CC[C@H](OC[C@@H]2C[C@H](Sc3ccccc3)CN2)CC1. The molecule has 0 aromatic heterocycles. The molecule has 2 atom stereocenters. The second kappa shape index (κ2) is 8.88. The van der Waals surface area contributed by atoms with Crippen molar-refractivity contribution in [2.24, 2.45) is 5.92 Å². The fourth-order valence-electron chi connectivity index (χ4n) is 3.57. The van der Waals surface area contributed by atoms with E-state index in [0.717, 1.165) is 45.3 Å². The van der Waals surface area contributed by atoms with Crippen molar-refractivity contribution in [3.05, 3.63) is 30.3 Å². The van der Waals surface area contributed by atoms with Gasteiger partial charge >= 0.3 is 5.97 Å². The van der Waals surface area contributed by atoms with Gasteiger partial charge in [0.1, 0.15) is 0 Å². The summed E-state index contributed by atoms with van der Waals surface area (Å²) in [5.74, 6) is 0.0118. The summed E-state index contributed by atoms with van der Waals surface area (Å²) in [7, 11) is 1.47. The van der Waals surface area contributed by atoms with Gasteiger partial charge in [0.25, 0.3) is 0 Å². The lowest BCUT2D eigenvalue weighted by Gasteiger charge is -2.28. The van der Waals surface area contributed by atoms with Crippen molar-refractivity contribution in [1.82, 2.24) is 5.32 Å². The highest BCUT2D eigenvalue weighted by Crippen LogP contribution is 2.30. The van der Waals surface area contributed by atoms with Gasteiger partial charge in [0.05, 0.1) is 25.7 Å². The maximum atomic E-state index is 11.6. The van der Waals surface area contributed by atoms with Crippen molar-refractivity contribution in [3.63, 3.8) is 0 Å². The fraction of sp³-hybridized carbons (Fsp3) is 0.632. The Morgan fingerprint density at radius 3 is 2.67 bits per heavy atom. The Balaban J connectivity index is 1.34. The number of hydrogen-bond acceptors (Lipinski definition) is 5. The molecular formula is C19H27NO3S. The minimum atomic E-state index is -0.0633. The molecular weight excluding hydrogens is 322 g/mol. The minimum Gasteiger partial charge on any atom is -0.469 e. The average molecular weight is 349 g/mol. The largest absolute Gasteiger partial charge is 0.469 e. The zero-order valence-electron chi connectivity index (χ0n) is 14.3. The van der Waals surface area contributed by atoms with Crippen LogP contribution in [0.15, 0.2) is 35.2 Å². The van der Waals surface area contributed by atoms with Crippen LogP contribution in [-0.2, 0) is 14.3 Å². The van der Waals surface area contributed by atoms with Gasteiger partial charge in [0.15, 0.2) is 0 Å². The Morgan fingerprint density at radius 2 is 1.96 bits per heavy atom. The molecule has 1 saturated carbocycles. The number of carbonyl (C=O) groups is 1. The summed E-state index contributed by atoms with van der Waals surface area (Å²) in [5.41, 5.74) is 0. The molecule has 3 rings (SSSR count). The van der Waals surface area contributed by atoms with Crippen molar-refractivity contribution in [1.29, 1.82) is 0 Å². The summed E-state index contributed by atoms with van der Waals surface area (Å²) in [5, 5.41) is 4.20. The number of hydrogen-bond donors (Lipinski definition) is 1. The highest BCUT2D eigenvalue weighted by Gasteiger charge is 2.29. The molecule has 1 aliphatic carbocycles. The van der Waals surface area contributed by atoms with Gasteiger partial charge < -0.3 is 14.8 Å². The number of carbonyl (C=O) groups excluding carboxylic acids is 1. The maximum Gasteiger partial charge on any atom is 0.308 e. The number of rotatable bonds is 6. The summed E-state index contributed by atoms with van der Waals surface area (Å²) in [4.78, 5) is 12.9. The number of thioether (sulfide) groups is 1. The predicted octanol–water partition coefficient (Wildman–Crippen LogP) is 3.26. The van der Waals surface area contributed by atoms with E-state index < -0.39 is 0 Å². The topological polar surface area (TPSA) is 47.6 Å². The third kappa shape index (κ3) is 4.98. The Kier molecular flexibility index (Phi) is 6.58. The molecule has 1 saturated heterocycles. The lowest BCUT2D eigenvalue weighted by molar-refractivity contribution is -0.147. The van der Waals surface area contributed by atoms with Gasteiger partial charge in [-0.1, -0.05) is 18.2 Å². The molecule has 1 N–H and O–H groups in total. The van der Waals surface area contributed by atoms with E-state index in [-0.39, 0.29) is 11.9 Å². The monoisotopic (exact) mass is 349 g/mol. The van der Waals surface area contributed by atoms with Gasteiger partial charge in [-0.25, -0.2) is 0 Å². The lowest BCUT2D eigenvalue weighted by atomic mass is 9.87. The smallest absolute Gasteiger partial charge is 0.308 e. The molecule has 2 aliphatic rings. The van der Waals surface area contributed by atoms with Crippen molar-refractivity contribution < 1.29 is 14.3 Å². The lowest BCUT2D eigenvalue weighted by Crippen LogP contribution is -2.32. The molecule has 0 amide bonds. The van der Waals surface area contributed by atoms with E-state index in [1.54, 1.807) is 0 Å². The first-order chi connectivity index (χ1) is 11.7. The van der Waals surface area contributed by atoms with Crippen molar-refractivity contribution in [2.45, 2.75) is 54.4 Å². The summed E-state index contributed by atoms with van der Waals surface area (Å²) in [6, 6.07) is 11.0. The van der Waals surface area contributed by atoms with Crippen LogP contribution in [-0.4, -0.2) is 43.6 Å². The molecule has 1 aliphatic heterocycles. The second-order valence-corrected chi connectivity index (χ2v) is 8.10. The van der Waals surface area contributed by atoms with Gasteiger partial charge in [-0.3, -0.25) is 4.79 Å². The first-order valence-electron chi connectivity index (χ1n) is 8.89. The summed E-state index contributed by atoms with van der Waals surface area (Å²) in [6.45, 7) is 1.82. The summed E-state index contributed by atoms with van der Waals surface area (Å²) >= 11 is 1.95. The Bertz CT molecular complexity index is 517. The number of ether oxygens (including phenoxy) is 2. The second-order valence-electron chi connectivity index (χ2n) is 6.72. The molecule has 1 aromatic rings. The fourth-order valence-corrected chi connectivity index (χ4v) is 4.78. The van der Waals surface area contributed by atoms with E-state index in [0.29, 0.717) is 17.4 Å². The molecule has 0 bridgehead atoms. The van der Waals surface area contributed by atoms with E-state index in [1.165, 1.54) is 12.0 Å². The Hall–Kier alpha value is -1.04. The Labute approximate surface area is 148 Å². The first kappa shape index (κ1) is 17.8. The Morgan fingerprint density at radius 1 is 1.21 bits per heavy atom.